The number of imide groups is 1. The lowest BCUT2D eigenvalue weighted by atomic mass is 10.0. The molecule has 4 rings (SSSR count). The molecular formula is C27H26N2O3. The van der Waals surface area contributed by atoms with Crippen LogP contribution in [0.15, 0.2) is 78.5 Å². The molecule has 0 atom stereocenters. The van der Waals surface area contributed by atoms with E-state index in [2.05, 4.69) is 19.2 Å². The Morgan fingerprint density at radius 2 is 1.59 bits per heavy atom. The van der Waals surface area contributed by atoms with Crippen LogP contribution in [0.3, 0.4) is 0 Å². The molecule has 32 heavy (non-hydrogen) atoms. The zero-order chi connectivity index (χ0) is 22.8. The molecule has 0 spiro atoms. The van der Waals surface area contributed by atoms with Crippen molar-refractivity contribution in [3.05, 3.63) is 95.2 Å². The summed E-state index contributed by atoms with van der Waals surface area (Å²) >= 11 is 0. The van der Waals surface area contributed by atoms with Crippen LogP contribution in [0.2, 0.25) is 0 Å². The third-order valence-electron chi connectivity index (χ3n) is 5.57. The van der Waals surface area contributed by atoms with Crippen LogP contribution >= 0.6 is 0 Å². The number of hydrogen-bond acceptors (Lipinski definition) is 4. The molecule has 2 amide bonds. The topological polar surface area (TPSA) is 58.6 Å². The van der Waals surface area contributed by atoms with E-state index in [-0.39, 0.29) is 11.6 Å². The monoisotopic (exact) mass is 426 g/mol. The van der Waals surface area contributed by atoms with Crippen molar-refractivity contribution in [1.29, 1.82) is 0 Å². The number of rotatable bonds is 6. The van der Waals surface area contributed by atoms with E-state index in [1.165, 1.54) is 10.5 Å². The van der Waals surface area contributed by atoms with Gasteiger partial charge in [0.1, 0.15) is 11.4 Å². The number of aryl methyl sites for hydroxylation is 1. The van der Waals surface area contributed by atoms with Crippen molar-refractivity contribution in [1.82, 2.24) is 0 Å². The van der Waals surface area contributed by atoms with Crippen LogP contribution in [0.25, 0.3) is 5.57 Å². The van der Waals surface area contributed by atoms with Gasteiger partial charge >= 0.3 is 0 Å². The van der Waals surface area contributed by atoms with Crippen LogP contribution in [0.4, 0.5) is 11.4 Å². The summed E-state index contributed by atoms with van der Waals surface area (Å²) in [4.78, 5) is 28.3. The maximum atomic E-state index is 13.6. The van der Waals surface area contributed by atoms with Crippen molar-refractivity contribution in [2.45, 2.75) is 26.7 Å². The second-order valence-electron chi connectivity index (χ2n) is 8.14. The highest BCUT2D eigenvalue weighted by molar-refractivity contribution is 6.46. The first-order valence-corrected chi connectivity index (χ1v) is 10.6. The van der Waals surface area contributed by atoms with Crippen LogP contribution < -0.4 is 15.0 Å². The molecule has 0 bridgehead atoms. The van der Waals surface area contributed by atoms with E-state index in [1.807, 2.05) is 61.5 Å². The fraction of sp³-hybridized carbons (Fsp3) is 0.185. The Bertz CT molecular complexity index is 1210. The van der Waals surface area contributed by atoms with Crippen LogP contribution in [-0.4, -0.2) is 18.9 Å². The van der Waals surface area contributed by atoms with Crippen molar-refractivity contribution < 1.29 is 14.3 Å². The second kappa shape index (κ2) is 8.71. The summed E-state index contributed by atoms with van der Waals surface area (Å²) in [5.74, 6) is 0.156. The molecule has 0 aromatic heterocycles. The Morgan fingerprint density at radius 1 is 0.875 bits per heavy atom. The molecule has 5 nitrogen and oxygen atoms in total. The van der Waals surface area contributed by atoms with Gasteiger partial charge in [0.15, 0.2) is 0 Å². The largest absolute Gasteiger partial charge is 0.496 e. The van der Waals surface area contributed by atoms with Gasteiger partial charge in [-0.2, -0.15) is 0 Å². The highest BCUT2D eigenvalue weighted by Crippen LogP contribution is 2.37. The molecule has 0 saturated carbocycles. The number of carbonyl (C=O) groups is 2. The van der Waals surface area contributed by atoms with E-state index < -0.39 is 5.91 Å². The molecule has 3 aromatic rings. The SMILES string of the molecule is COc1ccccc1C1=C(Nc2ccc(C(C)C)cc2)C(=O)N(c2cccc(C)c2)C1=O. The molecule has 1 aliphatic heterocycles. The average Bonchev–Trinajstić information content (AvgIpc) is 3.03. The minimum atomic E-state index is -0.394. The van der Waals surface area contributed by atoms with E-state index >= 15 is 0 Å². The fourth-order valence-corrected chi connectivity index (χ4v) is 3.84. The molecule has 1 N–H and O–H groups in total. The van der Waals surface area contributed by atoms with Gasteiger partial charge < -0.3 is 10.1 Å². The van der Waals surface area contributed by atoms with Crippen molar-refractivity contribution >= 4 is 28.8 Å². The molecule has 0 radical (unpaired) electrons. The molecule has 5 heteroatoms. The summed E-state index contributed by atoms with van der Waals surface area (Å²) in [6, 6.07) is 22.5. The summed E-state index contributed by atoms with van der Waals surface area (Å²) in [7, 11) is 1.55. The van der Waals surface area contributed by atoms with Crippen LogP contribution in [-0.2, 0) is 9.59 Å². The van der Waals surface area contributed by atoms with Gasteiger partial charge in [0.25, 0.3) is 11.8 Å². The average molecular weight is 427 g/mol. The highest BCUT2D eigenvalue weighted by Gasteiger charge is 2.41. The number of amides is 2. The predicted octanol–water partition coefficient (Wildman–Crippen LogP) is 5.52. The van der Waals surface area contributed by atoms with Gasteiger partial charge in [0.05, 0.1) is 18.4 Å². The number of para-hydroxylation sites is 1. The molecule has 0 unspecified atom stereocenters. The number of hydrogen-bond donors (Lipinski definition) is 1. The Balaban J connectivity index is 1.82. The molecule has 0 aliphatic carbocycles. The Kier molecular flexibility index (Phi) is 5.82. The van der Waals surface area contributed by atoms with Crippen molar-refractivity contribution in [2.24, 2.45) is 0 Å². The lowest BCUT2D eigenvalue weighted by Gasteiger charge is -2.16. The van der Waals surface area contributed by atoms with Gasteiger partial charge in [-0.3, -0.25) is 9.59 Å². The molecule has 3 aromatic carbocycles. The van der Waals surface area contributed by atoms with Gasteiger partial charge in [-0.25, -0.2) is 4.90 Å². The number of nitrogens with zero attached hydrogens (tertiary/aromatic N) is 1. The van der Waals surface area contributed by atoms with Gasteiger partial charge in [0, 0.05) is 11.3 Å². The minimum absolute atomic E-state index is 0.235. The summed E-state index contributed by atoms with van der Waals surface area (Å²) in [6.07, 6.45) is 0. The van der Waals surface area contributed by atoms with E-state index in [9.17, 15) is 9.59 Å². The van der Waals surface area contributed by atoms with E-state index in [0.717, 1.165) is 11.3 Å². The van der Waals surface area contributed by atoms with Crippen molar-refractivity contribution in [3.8, 4) is 5.75 Å². The molecule has 0 fully saturated rings. The number of anilines is 2. The smallest absolute Gasteiger partial charge is 0.282 e. The molecular weight excluding hydrogens is 400 g/mol. The van der Waals surface area contributed by atoms with E-state index in [1.54, 1.807) is 25.3 Å². The normalized spacial score (nSPS) is 13.8. The summed E-state index contributed by atoms with van der Waals surface area (Å²) in [5, 5.41) is 3.21. The van der Waals surface area contributed by atoms with Crippen LogP contribution in [0.1, 0.15) is 36.5 Å². The molecule has 1 heterocycles. The summed E-state index contributed by atoms with van der Waals surface area (Å²) < 4.78 is 5.50. The van der Waals surface area contributed by atoms with E-state index in [4.69, 9.17) is 4.74 Å². The lowest BCUT2D eigenvalue weighted by Crippen LogP contribution is -2.32. The fourth-order valence-electron chi connectivity index (χ4n) is 3.84. The van der Waals surface area contributed by atoms with Gasteiger partial charge in [0.2, 0.25) is 0 Å². The number of ether oxygens (including phenoxy) is 1. The maximum Gasteiger partial charge on any atom is 0.282 e. The van der Waals surface area contributed by atoms with E-state index in [0.29, 0.717) is 28.5 Å². The highest BCUT2D eigenvalue weighted by atomic mass is 16.5. The molecule has 0 saturated heterocycles. The zero-order valence-electron chi connectivity index (χ0n) is 18.7. The predicted molar refractivity (Wildman–Crippen MR) is 128 cm³/mol. The first-order chi connectivity index (χ1) is 15.4. The Labute approximate surface area is 188 Å². The maximum absolute atomic E-state index is 13.6. The Hall–Kier alpha value is -3.86. The Morgan fingerprint density at radius 3 is 2.25 bits per heavy atom. The third kappa shape index (κ3) is 3.89. The van der Waals surface area contributed by atoms with Gasteiger partial charge in [-0.15, -0.1) is 0 Å². The number of methoxy groups -OCH3 is 1. The number of benzene rings is 3. The number of nitrogens with one attached hydrogen (secondary N) is 1. The third-order valence-corrected chi connectivity index (χ3v) is 5.57. The second-order valence-corrected chi connectivity index (χ2v) is 8.14. The summed E-state index contributed by atoms with van der Waals surface area (Å²) in [5.41, 5.74) is 4.55. The van der Waals surface area contributed by atoms with Crippen LogP contribution in [0.5, 0.6) is 5.75 Å². The van der Waals surface area contributed by atoms with Gasteiger partial charge in [-0.05, 0) is 54.3 Å². The minimum Gasteiger partial charge on any atom is -0.496 e. The van der Waals surface area contributed by atoms with Gasteiger partial charge in [-0.1, -0.05) is 56.3 Å². The quantitative estimate of drug-likeness (QED) is 0.527. The molecule has 162 valence electrons. The van der Waals surface area contributed by atoms with Crippen molar-refractivity contribution in [3.63, 3.8) is 0 Å². The number of carbonyl (C=O) groups excluding carboxylic acids is 2. The molecule has 1 aliphatic rings. The first-order valence-electron chi connectivity index (χ1n) is 10.6. The van der Waals surface area contributed by atoms with Crippen molar-refractivity contribution in [2.75, 3.05) is 17.3 Å². The summed E-state index contributed by atoms with van der Waals surface area (Å²) in [6.45, 7) is 6.19. The standard InChI is InChI=1S/C27H26N2O3/c1-17(2)19-12-14-20(15-13-19)28-25-24(22-10-5-6-11-23(22)32-4)26(30)29(27(25)31)21-9-7-8-18(3)16-21/h5-17,28H,1-4H3. The lowest BCUT2D eigenvalue weighted by molar-refractivity contribution is -0.120. The zero-order valence-corrected chi connectivity index (χ0v) is 18.7. The van der Waals surface area contributed by atoms with Crippen LogP contribution in [0, 0.1) is 6.92 Å². The first kappa shape index (κ1) is 21.4.